The van der Waals surface area contributed by atoms with Gasteiger partial charge in [-0.3, -0.25) is 9.59 Å². The highest BCUT2D eigenvalue weighted by molar-refractivity contribution is 5.89. The fourth-order valence-corrected chi connectivity index (χ4v) is 2.60. The van der Waals surface area contributed by atoms with Gasteiger partial charge in [-0.1, -0.05) is 0 Å². The van der Waals surface area contributed by atoms with Crippen molar-refractivity contribution in [3.8, 4) is 0 Å². The predicted molar refractivity (Wildman–Crippen MR) is 64.8 cm³/mol. The molecule has 2 amide bonds. The molecule has 2 heterocycles. The number of nitrogens with one attached hydrogen (secondary N) is 2. The van der Waals surface area contributed by atoms with Gasteiger partial charge in [0.2, 0.25) is 11.8 Å². The van der Waals surface area contributed by atoms with E-state index in [-0.39, 0.29) is 24.9 Å². The summed E-state index contributed by atoms with van der Waals surface area (Å²) < 4.78 is 36.8. The van der Waals surface area contributed by atoms with Crippen LogP contribution in [0.5, 0.6) is 0 Å². The molecular weight excluding hydrogens is 275 g/mol. The molecule has 114 valence electrons. The topological polar surface area (TPSA) is 61.4 Å². The van der Waals surface area contributed by atoms with Crippen LogP contribution in [0.15, 0.2) is 0 Å². The van der Waals surface area contributed by atoms with Gasteiger partial charge in [-0.2, -0.15) is 13.2 Å². The van der Waals surface area contributed by atoms with Crippen LogP contribution in [0.25, 0.3) is 0 Å². The zero-order chi connectivity index (χ0) is 14.8. The fourth-order valence-electron chi connectivity index (χ4n) is 2.60. The molecule has 8 heteroatoms. The molecule has 2 rings (SSSR count). The number of piperidine rings is 1. The maximum atomic E-state index is 12.3. The Morgan fingerprint density at radius 3 is 2.60 bits per heavy atom. The van der Waals surface area contributed by atoms with Crippen LogP contribution >= 0.6 is 0 Å². The third kappa shape index (κ3) is 4.09. The van der Waals surface area contributed by atoms with Crippen molar-refractivity contribution < 1.29 is 22.8 Å². The number of hydrogen-bond acceptors (Lipinski definition) is 3. The van der Waals surface area contributed by atoms with Crippen molar-refractivity contribution in [1.82, 2.24) is 15.5 Å². The van der Waals surface area contributed by atoms with Crippen molar-refractivity contribution in [2.75, 3.05) is 26.2 Å². The molecule has 0 radical (unpaired) electrons. The lowest BCUT2D eigenvalue weighted by atomic mass is 10.0. The van der Waals surface area contributed by atoms with Gasteiger partial charge in [-0.25, -0.2) is 0 Å². The number of rotatable bonds is 3. The summed E-state index contributed by atoms with van der Waals surface area (Å²) in [5.41, 5.74) is 0. The van der Waals surface area contributed by atoms with E-state index in [9.17, 15) is 22.8 Å². The summed E-state index contributed by atoms with van der Waals surface area (Å²) >= 11 is 0. The molecule has 0 aromatic carbocycles. The highest BCUT2D eigenvalue weighted by atomic mass is 19.4. The number of likely N-dealkylation sites (tertiary alicyclic amines) is 1. The average molecular weight is 293 g/mol. The minimum absolute atomic E-state index is 0.0514. The van der Waals surface area contributed by atoms with Gasteiger partial charge < -0.3 is 15.5 Å². The van der Waals surface area contributed by atoms with Gasteiger partial charge >= 0.3 is 6.18 Å². The quantitative estimate of drug-likeness (QED) is 0.785. The molecule has 2 fully saturated rings. The van der Waals surface area contributed by atoms with E-state index in [1.807, 2.05) is 0 Å². The molecule has 0 saturated carbocycles. The Morgan fingerprint density at radius 1 is 1.35 bits per heavy atom. The van der Waals surface area contributed by atoms with Crippen LogP contribution in [-0.4, -0.2) is 55.1 Å². The molecule has 20 heavy (non-hydrogen) atoms. The van der Waals surface area contributed by atoms with Gasteiger partial charge in [0.1, 0.15) is 6.54 Å². The number of carbonyl (C=O) groups is 2. The van der Waals surface area contributed by atoms with Gasteiger partial charge in [0, 0.05) is 19.0 Å². The number of hydrogen-bond donors (Lipinski definition) is 2. The highest BCUT2D eigenvalue weighted by Gasteiger charge is 2.40. The Kier molecular flexibility index (Phi) is 4.52. The Hall–Kier alpha value is -1.31. The minimum Gasteiger partial charge on any atom is -0.353 e. The van der Waals surface area contributed by atoms with E-state index >= 15 is 0 Å². The van der Waals surface area contributed by atoms with Crippen molar-refractivity contribution in [2.45, 2.75) is 31.5 Å². The SMILES string of the molecule is O=C(NC1CCNCC1)C1CC(=O)N(CC(F)(F)F)C1. The summed E-state index contributed by atoms with van der Waals surface area (Å²) in [6, 6.07) is 0.0514. The Morgan fingerprint density at radius 2 is 2.00 bits per heavy atom. The average Bonchev–Trinajstić information content (AvgIpc) is 2.70. The summed E-state index contributed by atoms with van der Waals surface area (Å²) in [7, 11) is 0. The summed E-state index contributed by atoms with van der Waals surface area (Å²) in [6.45, 7) is 0.210. The van der Waals surface area contributed by atoms with E-state index < -0.39 is 24.5 Å². The van der Waals surface area contributed by atoms with Crippen LogP contribution in [0.2, 0.25) is 0 Å². The molecule has 2 N–H and O–H groups in total. The van der Waals surface area contributed by atoms with Crippen molar-refractivity contribution in [1.29, 1.82) is 0 Å². The predicted octanol–water partition coefficient (Wildman–Crippen LogP) is 0.265. The Balaban J connectivity index is 1.84. The number of carbonyl (C=O) groups excluding carboxylic acids is 2. The molecule has 2 aliphatic heterocycles. The molecule has 2 saturated heterocycles. The highest BCUT2D eigenvalue weighted by Crippen LogP contribution is 2.24. The standard InChI is InChI=1S/C12H18F3N3O2/c13-12(14,15)7-18-6-8(5-10(18)19)11(20)17-9-1-3-16-4-2-9/h8-9,16H,1-7H2,(H,17,20). The maximum Gasteiger partial charge on any atom is 0.406 e. The second kappa shape index (κ2) is 5.99. The number of alkyl halides is 3. The fraction of sp³-hybridized carbons (Fsp3) is 0.833. The van der Waals surface area contributed by atoms with Gasteiger partial charge in [-0.05, 0) is 25.9 Å². The summed E-state index contributed by atoms with van der Waals surface area (Å²) in [6.07, 6.45) is -2.94. The summed E-state index contributed by atoms with van der Waals surface area (Å²) in [5.74, 6) is -1.58. The zero-order valence-corrected chi connectivity index (χ0v) is 11.0. The lowest BCUT2D eigenvalue weighted by Gasteiger charge is -2.25. The maximum absolute atomic E-state index is 12.3. The lowest BCUT2D eigenvalue weighted by molar-refractivity contribution is -0.157. The van der Waals surface area contributed by atoms with E-state index in [0.29, 0.717) is 4.90 Å². The zero-order valence-electron chi connectivity index (χ0n) is 11.0. The van der Waals surface area contributed by atoms with Crippen LogP contribution in [-0.2, 0) is 9.59 Å². The number of amides is 2. The van der Waals surface area contributed by atoms with Crippen LogP contribution in [0.4, 0.5) is 13.2 Å². The van der Waals surface area contributed by atoms with Gasteiger partial charge in [0.25, 0.3) is 0 Å². The number of halogens is 3. The third-order valence-electron chi connectivity index (χ3n) is 3.64. The van der Waals surface area contributed by atoms with Crippen molar-refractivity contribution in [2.24, 2.45) is 5.92 Å². The summed E-state index contributed by atoms with van der Waals surface area (Å²) in [5, 5.41) is 5.98. The van der Waals surface area contributed by atoms with E-state index in [1.54, 1.807) is 0 Å². The van der Waals surface area contributed by atoms with Gasteiger partial charge in [0.15, 0.2) is 0 Å². The van der Waals surface area contributed by atoms with Crippen molar-refractivity contribution >= 4 is 11.8 Å². The Labute approximate surface area is 114 Å². The second-order valence-corrected chi connectivity index (χ2v) is 5.32. The van der Waals surface area contributed by atoms with E-state index in [2.05, 4.69) is 10.6 Å². The Bertz CT molecular complexity index is 381. The van der Waals surface area contributed by atoms with Gasteiger partial charge in [0.05, 0.1) is 5.92 Å². The first kappa shape index (κ1) is 15.1. The van der Waals surface area contributed by atoms with E-state index in [0.717, 1.165) is 25.9 Å². The molecule has 5 nitrogen and oxygen atoms in total. The number of nitrogens with zero attached hydrogens (tertiary/aromatic N) is 1. The largest absolute Gasteiger partial charge is 0.406 e. The third-order valence-corrected chi connectivity index (χ3v) is 3.64. The molecule has 0 bridgehead atoms. The van der Waals surface area contributed by atoms with E-state index in [1.165, 1.54) is 0 Å². The van der Waals surface area contributed by atoms with Crippen LogP contribution in [0.1, 0.15) is 19.3 Å². The van der Waals surface area contributed by atoms with Gasteiger partial charge in [-0.15, -0.1) is 0 Å². The molecular formula is C12H18F3N3O2. The first-order valence-electron chi connectivity index (χ1n) is 6.71. The van der Waals surface area contributed by atoms with E-state index in [4.69, 9.17) is 0 Å². The van der Waals surface area contributed by atoms with Crippen LogP contribution in [0, 0.1) is 5.92 Å². The lowest BCUT2D eigenvalue weighted by Crippen LogP contribution is -2.45. The molecule has 1 unspecified atom stereocenters. The smallest absolute Gasteiger partial charge is 0.353 e. The first-order chi connectivity index (χ1) is 9.35. The second-order valence-electron chi connectivity index (χ2n) is 5.32. The van der Waals surface area contributed by atoms with Crippen molar-refractivity contribution in [3.05, 3.63) is 0 Å². The molecule has 0 aliphatic carbocycles. The summed E-state index contributed by atoms with van der Waals surface area (Å²) in [4.78, 5) is 24.2. The minimum atomic E-state index is -4.42. The normalized spacial score (nSPS) is 25.1. The van der Waals surface area contributed by atoms with Crippen LogP contribution < -0.4 is 10.6 Å². The van der Waals surface area contributed by atoms with Crippen LogP contribution in [0.3, 0.4) is 0 Å². The molecule has 1 atom stereocenters. The molecule has 2 aliphatic rings. The molecule has 0 aromatic rings. The van der Waals surface area contributed by atoms with Crippen molar-refractivity contribution in [3.63, 3.8) is 0 Å². The molecule has 0 spiro atoms. The molecule has 0 aromatic heterocycles. The first-order valence-corrected chi connectivity index (χ1v) is 6.71. The monoisotopic (exact) mass is 293 g/mol.